The van der Waals surface area contributed by atoms with Crippen LogP contribution in [-0.4, -0.2) is 45.7 Å². The van der Waals surface area contributed by atoms with E-state index in [0.717, 1.165) is 28.0 Å². The van der Waals surface area contributed by atoms with Crippen LogP contribution in [0.5, 0.6) is 0 Å². The fraction of sp³-hybridized carbons (Fsp3) is 0.714. The summed E-state index contributed by atoms with van der Waals surface area (Å²) in [4.78, 5) is 10.6. The quantitative estimate of drug-likeness (QED) is 0.863. The van der Waals surface area contributed by atoms with Crippen molar-refractivity contribution in [1.29, 1.82) is 0 Å². The molecule has 0 amide bonds. The minimum Gasteiger partial charge on any atom is -0.480 e. The summed E-state index contributed by atoms with van der Waals surface area (Å²) in [6.45, 7) is 0. The van der Waals surface area contributed by atoms with Crippen LogP contribution in [0.3, 0.4) is 0 Å². The second-order valence-corrected chi connectivity index (χ2v) is 8.36. The Kier molecular flexibility index (Phi) is 4.34. The van der Waals surface area contributed by atoms with Gasteiger partial charge in [0.15, 0.2) is 5.69 Å². The van der Waals surface area contributed by atoms with Crippen molar-refractivity contribution < 1.29 is 31.5 Å². The summed E-state index contributed by atoms with van der Waals surface area (Å²) in [6, 6.07) is -1.93. The third-order valence-corrected chi connectivity index (χ3v) is 6.87. The van der Waals surface area contributed by atoms with Crippen LogP contribution in [-0.2, 0) is 28.0 Å². The molecule has 25 heavy (non-hydrogen) atoms. The predicted octanol–water partition coefficient (Wildman–Crippen LogP) is 1.85. The summed E-state index contributed by atoms with van der Waals surface area (Å²) < 4.78 is 67.1. The molecule has 3 unspecified atom stereocenters. The lowest BCUT2D eigenvalue weighted by Crippen LogP contribution is -2.46. The molecule has 0 bridgehead atoms. The van der Waals surface area contributed by atoms with E-state index in [1.54, 1.807) is 0 Å². The summed E-state index contributed by atoms with van der Waals surface area (Å²) in [7, 11) is -3.46. The zero-order valence-electron chi connectivity index (χ0n) is 13.4. The SMILES string of the molecule is Cn1cc(S(=O)(=O)N2C(C(=O)O)CC3CCCCC32)c(C(F)(F)F)n1. The molecule has 2 heterocycles. The van der Waals surface area contributed by atoms with Crippen LogP contribution in [0.1, 0.15) is 37.8 Å². The van der Waals surface area contributed by atoms with Crippen molar-refractivity contribution in [2.75, 3.05) is 0 Å². The first kappa shape index (κ1) is 18.2. The highest BCUT2D eigenvalue weighted by Gasteiger charge is 2.53. The molecule has 11 heteroatoms. The third-order valence-electron chi connectivity index (χ3n) is 4.93. The van der Waals surface area contributed by atoms with Crippen molar-refractivity contribution in [1.82, 2.24) is 14.1 Å². The van der Waals surface area contributed by atoms with E-state index in [-0.39, 0.29) is 12.3 Å². The summed E-state index contributed by atoms with van der Waals surface area (Å²) >= 11 is 0. The molecule has 3 atom stereocenters. The maximum Gasteiger partial charge on any atom is 0.436 e. The smallest absolute Gasteiger partial charge is 0.436 e. The van der Waals surface area contributed by atoms with Gasteiger partial charge in [0, 0.05) is 19.3 Å². The summed E-state index contributed by atoms with van der Waals surface area (Å²) in [5.41, 5.74) is -1.52. The fourth-order valence-electron chi connectivity index (χ4n) is 3.94. The topological polar surface area (TPSA) is 92.5 Å². The molecule has 0 radical (unpaired) electrons. The van der Waals surface area contributed by atoms with Crippen LogP contribution < -0.4 is 0 Å². The van der Waals surface area contributed by atoms with E-state index in [2.05, 4.69) is 5.10 Å². The normalized spacial score (nSPS) is 28.1. The molecule has 1 aliphatic carbocycles. The Morgan fingerprint density at radius 1 is 1.32 bits per heavy atom. The Hall–Kier alpha value is -1.62. The average molecular weight is 381 g/mol. The summed E-state index contributed by atoms with van der Waals surface area (Å²) in [5, 5.41) is 12.7. The van der Waals surface area contributed by atoms with Gasteiger partial charge >= 0.3 is 12.1 Å². The van der Waals surface area contributed by atoms with Gasteiger partial charge in [-0.15, -0.1) is 0 Å². The first-order chi connectivity index (χ1) is 11.5. The molecule has 3 rings (SSSR count). The molecular formula is C14H18F3N3O4S. The van der Waals surface area contributed by atoms with Crippen molar-refractivity contribution in [2.45, 2.75) is 55.3 Å². The molecular weight excluding hydrogens is 363 g/mol. The molecule has 1 N–H and O–H groups in total. The molecule has 1 saturated carbocycles. The average Bonchev–Trinajstić information content (AvgIpc) is 3.08. The Balaban J connectivity index is 2.11. The second-order valence-electron chi connectivity index (χ2n) is 6.55. The second kappa shape index (κ2) is 5.97. The first-order valence-corrected chi connectivity index (χ1v) is 9.34. The number of rotatable bonds is 3. The number of alkyl halides is 3. The van der Waals surface area contributed by atoms with Gasteiger partial charge in [0.05, 0.1) is 0 Å². The molecule has 1 saturated heterocycles. The van der Waals surface area contributed by atoms with Crippen molar-refractivity contribution in [3.63, 3.8) is 0 Å². The van der Waals surface area contributed by atoms with Gasteiger partial charge in [0.2, 0.25) is 10.0 Å². The fourth-order valence-corrected chi connectivity index (χ4v) is 6.00. The van der Waals surface area contributed by atoms with E-state index in [1.807, 2.05) is 0 Å². The highest BCUT2D eigenvalue weighted by molar-refractivity contribution is 7.89. The zero-order valence-corrected chi connectivity index (χ0v) is 14.2. The minimum atomic E-state index is -4.95. The van der Waals surface area contributed by atoms with Gasteiger partial charge in [-0.05, 0) is 25.2 Å². The number of aliphatic carboxylic acids is 1. The Morgan fingerprint density at radius 2 is 1.96 bits per heavy atom. The van der Waals surface area contributed by atoms with Crippen molar-refractivity contribution >= 4 is 16.0 Å². The number of halogens is 3. The third kappa shape index (κ3) is 3.03. The van der Waals surface area contributed by atoms with E-state index in [0.29, 0.717) is 12.8 Å². The van der Waals surface area contributed by atoms with Crippen molar-refractivity contribution in [3.8, 4) is 0 Å². The Morgan fingerprint density at radius 3 is 2.56 bits per heavy atom. The molecule has 1 aliphatic heterocycles. The predicted molar refractivity (Wildman–Crippen MR) is 79.0 cm³/mol. The largest absolute Gasteiger partial charge is 0.480 e. The number of carbonyl (C=O) groups is 1. The van der Waals surface area contributed by atoms with Gasteiger partial charge in [0.1, 0.15) is 10.9 Å². The molecule has 1 aromatic heterocycles. The molecule has 140 valence electrons. The van der Waals surface area contributed by atoms with Crippen LogP contribution in [0.2, 0.25) is 0 Å². The van der Waals surface area contributed by atoms with Gasteiger partial charge in [0.25, 0.3) is 0 Å². The Bertz CT molecular complexity index is 790. The maximum absolute atomic E-state index is 13.2. The number of hydrogen-bond acceptors (Lipinski definition) is 4. The molecule has 2 fully saturated rings. The molecule has 1 aromatic rings. The van der Waals surface area contributed by atoms with Crippen LogP contribution in [0.4, 0.5) is 13.2 Å². The number of aryl methyl sites for hydroxylation is 1. The monoisotopic (exact) mass is 381 g/mol. The number of carboxylic acids is 1. The van der Waals surface area contributed by atoms with Gasteiger partial charge in [-0.3, -0.25) is 9.48 Å². The number of fused-ring (bicyclic) bond motifs is 1. The number of nitrogens with zero attached hydrogens (tertiary/aromatic N) is 3. The highest BCUT2D eigenvalue weighted by Crippen LogP contribution is 2.44. The lowest BCUT2D eigenvalue weighted by Gasteiger charge is -2.32. The maximum atomic E-state index is 13.2. The lowest BCUT2D eigenvalue weighted by molar-refractivity contribution is -0.143. The van der Waals surface area contributed by atoms with Crippen LogP contribution >= 0.6 is 0 Å². The van der Waals surface area contributed by atoms with Crippen molar-refractivity contribution in [2.24, 2.45) is 13.0 Å². The first-order valence-electron chi connectivity index (χ1n) is 7.90. The number of aromatic nitrogens is 2. The highest BCUT2D eigenvalue weighted by atomic mass is 32.2. The van der Waals surface area contributed by atoms with Gasteiger partial charge < -0.3 is 5.11 Å². The molecule has 0 spiro atoms. The van der Waals surface area contributed by atoms with E-state index >= 15 is 0 Å². The van der Waals surface area contributed by atoms with Crippen LogP contribution in [0, 0.1) is 5.92 Å². The van der Waals surface area contributed by atoms with Gasteiger partial charge in [-0.2, -0.15) is 22.6 Å². The van der Waals surface area contributed by atoms with E-state index in [1.165, 1.54) is 7.05 Å². The van der Waals surface area contributed by atoms with Gasteiger partial charge in [-0.25, -0.2) is 8.42 Å². The summed E-state index contributed by atoms with van der Waals surface area (Å²) in [5.74, 6) is -1.48. The number of hydrogen-bond donors (Lipinski definition) is 1. The van der Waals surface area contributed by atoms with E-state index < -0.39 is 44.8 Å². The number of carboxylic acid groups (broad SMARTS) is 1. The zero-order chi connectivity index (χ0) is 18.6. The lowest BCUT2D eigenvalue weighted by atomic mass is 9.85. The molecule has 0 aromatic carbocycles. The summed E-state index contributed by atoms with van der Waals surface area (Å²) in [6.07, 6.45) is -1.32. The van der Waals surface area contributed by atoms with Crippen LogP contribution in [0.15, 0.2) is 11.1 Å². The minimum absolute atomic E-state index is 0.126. The standard InChI is InChI=1S/C14H18F3N3O4S/c1-19-7-11(12(18-19)14(15,16)17)25(23,24)20-9-5-3-2-4-8(9)6-10(20)13(21)22/h7-10H,2-6H2,1H3,(H,21,22). The number of sulfonamides is 1. The van der Waals surface area contributed by atoms with E-state index in [4.69, 9.17) is 0 Å². The van der Waals surface area contributed by atoms with E-state index in [9.17, 15) is 31.5 Å². The van der Waals surface area contributed by atoms with Crippen LogP contribution in [0.25, 0.3) is 0 Å². The molecule has 7 nitrogen and oxygen atoms in total. The Labute approximate surface area is 142 Å². The molecule has 2 aliphatic rings. The van der Waals surface area contributed by atoms with Gasteiger partial charge in [-0.1, -0.05) is 12.8 Å². The van der Waals surface area contributed by atoms with Crippen molar-refractivity contribution in [3.05, 3.63) is 11.9 Å².